The van der Waals surface area contributed by atoms with Crippen molar-refractivity contribution in [1.29, 1.82) is 0 Å². The van der Waals surface area contributed by atoms with Crippen molar-refractivity contribution in [3.8, 4) is 11.8 Å². The van der Waals surface area contributed by atoms with Crippen LogP contribution < -0.4 is 22.3 Å². The summed E-state index contributed by atoms with van der Waals surface area (Å²) in [6, 6.07) is 38.7. The number of hydrazine groups is 1. The number of aromatic amines is 2. The summed E-state index contributed by atoms with van der Waals surface area (Å²) in [7, 11) is 3.27. The van der Waals surface area contributed by atoms with Gasteiger partial charge < -0.3 is 10.6 Å². The number of nitrogens with zero attached hydrogens (tertiary/aromatic N) is 4. The number of nitrogens with one attached hydrogen (secondary N) is 4. The molecule has 0 fully saturated rings. The Balaban J connectivity index is 0.000000188. The van der Waals surface area contributed by atoms with Crippen LogP contribution in [0, 0.1) is 11.8 Å². The molecule has 0 atom stereocenters. The summed E-state index contributed by atoms with van der Waals surface area (Å²) in [5.41, 5.74) is 6.30. The van der Waals surface area contributed by atoms with Gasteiger partial charge in [0.05, 0.1) is 33.5 Å². The lowest BCUT2D eigenvalue weighted by Gasteiger charge is -2.08. The standard InChI is InChI=1S/C22H18N4OS.C22H16N4OS.H4N2/c2*1-23-22(27)18-7-2-3-8-21(18)28-16-10-11-17-19(25-26-20(17)14-16)12-9-15-6-4-5-13-24-15;1-2/h2-14H,1H3,(H,23,27)(H,25,26);2-8,10-11,13-14H,1H3,(H,23,27)(H,25,26);1-2H2/b12-9-;;. The quantitative estimate of drug-likeness (QED) is 0.0515. The fraction of sp³-hybridized carbons (Fsp3) is 0.0455. The molecule has 0 aliphatic rings. The number of rotatable bonds is 8. The van der Waals surface area contributed by atoms with E-state index in [4.69, 9.17) is 0 Å². The Morgan fingerprint density at radius 2 is 1.24 bits per heavy atom. The molecule has 8 rings (SSSR count). The van der Waals surface area contributed by atoms with Crippen molar-refractivity contribution in [1.82, 2.24) is 41.0 Å². The van der Waals surface area contributed by atoms with Crippen molar-refractivity contribution in [2.75, 3.05) is 14.1 Å². The van der Waals surface area contributed by atoms with E-state index >= 15 is 0 Å². The molecule has 0 radical (unpaired) electrons. The third-order valence-electron chi connectivity index (χ3n) is 8.34. The van der Waals surface area contributed by atoms with Crippen LogP contribution in [-0.4, -0.2) is 56.3 Å². The molecule has 2 amide bonds. The Bertz CT molecular complexity index is 2740. The molecular weight excluding hydrogens is 765 g/mol. The van der Waals surface area contributed by atoms with E-state index in [0.717, 1.165) is 58.5 Å². The lowest BCUT2D eigenvalue weighted by Crippen LogP contribution is -2.18. The molecule has 0 unspecified atom stereocenters. The topological polar surface area (TPSA) is 193 Å². The molecule has 14 heteroatoms. The monoisotopic (exact) mass is 802 g/mol. The summed E-state index contributed by atoms with van der Waals surface area (Å²) in [4.78, 5) is 36.5. The molecule has 0 bridgehead atoms. The van der Waals surface area contributed by atoms with Crippen LogP contribution in [0.4, 0.5) is 0 Å². The van der Waals surface area contributed by atoms with Crippen LogP contribution in [-0.2, 0) is 0 Å². The zero-order chi connectivity index (χ0) is 40.7. The highest BCUT2D eigenvalue weighted by Gasteiger charge is 2.13. The van der Waals surface area contributed by atoms with E-state index in [1.54, 1.807) is 38.3 Å². The minimum atomic E-state index is -0.101. The summed E-state index contributed by atoms with van der Waals surface area (Å²) in [6.45, 7) is 0. The van der Waals surface area contributed by atoms with Gasteiger partial charge >= 0.3 is 0 Å². The fourth-order valence-electron chi connectivity index (χ4n) is 5.57. The molecule has 12 nitrogen and oxygen atoms in total. The van der Waals surface area contributed by atoms with Crippen LogP contribution in [0.3, 0.4) is 0 Å². The lowest BCUT2D eigenvalue weighted by atomic mass is 10.2. The summed E-state index contributed by atoms with van der Waals surface area (Å²) >= 11 is 3.09. The number of hydrogen-bond donors (Lipinski definition) is 6. The Morgan fingerprint density at radius 1 is 0.638 bits per heavy atom. The number of nitrogens with two attached hydrogens (primary N) is 2. The van der Waals surface area contributed by atoms with Crippen LogP contribution in [0.1, 0.15) is 43.5 Å². The van der Waals surface area contributed by atoms with E-state index in [0.29, 0.717) is 16.8 Å². The molecule has 8 aromatic rings. The number of aromatic nitrogens is 6. The van der Waals surface area contributed by atoms with Gasteiger partial charge in [-0.25, -0.2) is 4.98 Å². The Morgan fingerprint density at radius 3 is 1.86 bits per heavy atom. The normalized spacial score (nSPS) is 10.5. The first-order chi connectivity index (χ1) is 28.5. The van der Waals surface area contributed by atoms with Crippen molar-refractivity contribution < 1.29 is 9.59 Å². The van der Waals surface area contributed by atoms with Gasteiger partial charge in [0.2, 0.25) is 0 Å². The number of benzene rings is 4. The molecule has 0 saturated carbocycles. The van der Waals surface area contributed by atoms with E-state index in [-0.39, 0.29) is 11.8 Å². The van der Waals surface area contributed by atoms with Gasteiger partial charge in [0.25, 0.3) is 11.8 Å². The zero-order valence-corrected chi connectivity index (χ0v) is 33.1. The van der Waals surface area contributed by atoms with Crippen LogP contribution >= 0.6 is 23.5 Å². The van der Waals surface area contributed by atoms with Crippen LogP contribution in [0.15, 0.2) is 153 Å². The maximum absolute atomic E-state index is 12.1. The van der Waals surface area contributed by atoms with Gasteiger partial charge in [-0.2, -0.15) is 10.2 Å². The maximum Gasteiger partial charge on any atom is 0.252 e. The lowest BCUT2D eigenvalue weighted by molar-refractivity contribution is 0.0952. The van der Waals surface area contributed by atoms with E-state index in [2.05, 4.69) is 64.5 Å². The Hall–Kier alpha value is -7.02. The minimum Gasteiger partial charge on any atom is -0.355 e. The summed E-state index contributed by atoms with van der Waals surface area (Å²) in [6.07, 6.45) is 7.38. The predicted molar refractivity (Wildman–Crippen MR) is 232 cm³/mol. The molecule has 0 aliphatic heterocycles. The minimum absolute atomic E-state index is 0.0901. The summed E-state index contributed by atoms with van der Waals surface area (Å²) < 4.78 is 0. The third kappa shape index (κ3) is 10.2. The SMILES string of the molecule is CNC(=O)c1ccccc1Sc1ccc2c(/C=C\c3ccccn3)n[nH]c2c1.CNC(=O)c1ccccc1Sc1ccc2c(C#Cc3ccccn3)[nH]nc2c1.NN. The number of carbonyl (C=O) groups is 2. The van der Waals surface area contributed by atoms with Gasteiger partial charge in [-0.15, -0.1) is 0 Å². The molecule has 0 aliphatic carbocycles. The molecule has 4 aromatic heterocycles. The Labute approximate surface area is 343 Å². The summed E-state index contributed by atoms with van der Waals surface area (Å²) in [5.74, 6) is 13.9. The van der Waals surface area contributed by atoms with Crippen molar-refractivity contribution in [2.24, 2.45) is 11.7 Å². The second-order valence-electron chi connectivity index (χ2n) is 12.0. The number of pyridine rings is 2. The van der Waals surface area contributed by atoms with Crippen LogP contribution in [0.25, 0.3) is 34.0 Å². The smallest absolute Gasteiger partial charge is 0.252 e. The second kappa shape index (κ2) is 20.2. The number of H-pyrrole nitrogens is 2. The number of fused-ring (bicyclic) bond motifs is 2. The third-order valence-corrected chi connectivity index (χ3v) is 10.5. The van der Waals surface area contributed by atoms with Gasteiger partial charge in [-0.05, 0) is 109 Å². The average molecular weight is 803 g/mol. The zero-order valence-electron chi connectivity index (χ0n) is 31.4. The van der Waals surface area contributed by atoms with E-state index in [9.17, 15) is 9.59 Å². The fourth-order valence-corrected chi connectivity index (χ4v) is 7.53. The highest BCUT2D eigenvalue weighted by molar-refractivity contribution is 7.99. The Kier molecular flexibility index (Phi) is 14.2. The van der Waals surface area contributed by atoms with Crippen molar-refractivity contribution in [3.63, 3.8) is 0 Å². The largest absolute Gasteiger partial charge is 0.355 e. The van der Waals surface area contributed by atoms with Crippen LogP contribution in [0.5, 0.6) is 0 Å². The molecule has 0 spiro atoms. The van der Waals surface area contributed by atoms with E-state index in [1.807, 2.05) is 133 Å². The van der Waals surface area contributed by atoms with E-state index < -0.39 is 0 Å². The summed E-state index contributed by atoms with van der Waals surface area (Å²) in [5, 5.41) is 22.2. The van der Waals surface area contributed by atoms with Gasteiger partial charge in [-0.3, -0.25) is 36.5 Å². The van der Waals surface area contributed by atoms with Gasteiger partial charge in [0, 0.05) is 56.8 Å². The van der Waals surface area contributed by atoms with Gasteiger partial charge in [0.1, 0.15) is 11.4 Å². The first-order valence-electron chi connectivity index (χ1n) is 17.8. The van der Waals surface area contributed by atoms with Crippen molar-refractivity contribution in [3.05, 3.63) is 168 Å². The van der Waals surface area contributed by atoms with Crippen molar-refractivity contribution >= 4 is 69.3 Å². The number of carbonyl (C=O) groups excluding carboxylic acids is 2. The van der Waals surface area contributed by atoms with Gasteiger partial charge in [-0.1, -0.05) is 59.9 Å². The predicted octanol–water partition coefficient (Wildman–Crippen LogP) is 7.33. The molecule has 0 saturated heterocycles. The molecule has 4 heterocycles. The number of hydrogen-bond acceptors (Lipinski definition) is 10. The molecule has 58 heavy (non-hydrogen) atoms. The first-order valence-corrected chi connectivity index (χ1v) is 19.4. The number of amides is 2. The maximum atomic E-state index is 12.1. The second-order valence-corrected chi connectivity index (χ2v) is 14.2. The molecule has 4 aromatic carbocycles. The highest BCUT2D eigenvalue weighted by atomic mass is 32.2. The first kappa shape index (κ1) is 40.6. The molecular formula is C44H38N10O2S2. The van der Waals surface area contributed by atoms with Crippen molar-refractivity contribution in [2.45, 2.75) is 19.6 Å². The van der Waals surface area contributed by atoms with E-state index in [1.165, 1.54) is 11.8 Å². The average Bonchev–Trinajstić information content (AvgIpc) is 3.89. The molecule has 288 valence electrons. The molecule has 8 N–H and O–H groups in total. The van der Waals surface area contributed by atoms with Crippen LogP contribution in [0.2, 0.25) is 0 Å². The highest BCUT2D eigenvalue weighted by Crippen LogP contribution is 2.34. The van der Waals surface area contributed by atoms with Gasteiger partial charge in [0.15, 0.2) is 0 Å².